The lowest BCUT2D eigenvalue weighted by Gasteiger charge is -2.08. The third-order valence-corrected chi connectivity index (χ3v) is 3.22. The lowest BCUT2D eigenvalue weighted by molar-refractivity contribution is -0.384. The summed E-state index contributed by atoms with van der Waals surface area (Å²) in [7, 11) is 0. The van der Waals surface area contributed by atoms with Crippen molar-refractivity contribution in [3.05, 3.63) is 69.8 Å². The fourth-order valence-electron chi connectivity index (χ4n) is 1.97. The Labute approximate surface area is 139 Å². The van der Waals surface area contributed by atoms with Crippen LogP contribution in [0.4, 0.5) is 5.69 Å². The van der Waals surface area contributed by atoms with Crippen LogP contribution in [-0.2, 0) is 11.2 Å². The highest BCUT2D eigenvalue weighted by Crippen LogP contribution is 2.17. The molecule has 0 aliphatic carbocycles. The second kappa shape index (κ2) is 8.42. The third-order valence-electron chi connectivity index (χ3n) is 3.22. The molecule has 2 aromatic rings. The van der Waals surface area contributed by atoms with Gasteiger partial charge in [0.05, 0.1) is 11.1 Å². The number of nitrogens with zero attached hydrogens (tertiary/aromatic N) is 2. The minimum absolute atomic E-state index is 0.000764. The number of ether oxygens (including phenoxy) is 1. The Kier molecular flexibility index (Phi) is 6.01. The Morgan fingerprint density at radius 1 is 1.25 bits per heavy atom. The summed E-state index contributed by atoms with van der Waals surface area (Å²) in [6.07, 6.45) is 2.22. The van der Waals surface area contributed by atoms with E-state index >= 15 is 0 Å². The van der Waals surface area contributed by atoms with E-state index in [2.05, 4.69) is 10.5 Å². The second-order valence-corrected chi connectivity index (χ2v) is 4.89. The summed E-state index contributed by atoms with van der Waals surface area (Å²) >= 11 is 0. The quantitative estimate of drug-likeness (QED) is 0.480. The molecule has 2 rings (SSSR count). The second-order valence-electron chi connectivity index (χ2n) is 4.89. The zero-order chi connectivity index (χ0) is 17.4. The minimum Gasteiger partial charge on any atom is -0.483 e. The van der Waals surface area contributed by atoms with Gasteiger partial charge in [0, 0.05) is 12.1 Å². The van der Waals surface area contributed by atoms with Gasteiger partial charge in [-0.2, -0.15) is 5.10 Å². The maximum atomic E-state index is 11.7. The summed E-state index contributed by atoms with van der Waals surface area (Å²) < 4.78 is 5.47. The zero-order valence-electron chi connectivity index (χ0n) is 13.1. The van der Waals surface area contributed by atoms with E-state index in [0.29, 0.717) is 11.3 Å². The van der Waals surface area contributed by atoms with Crippen molar-refractivity contribution in [2.75, 3.05) is 6.61 Å². The minimum atomic E-state index is -0.478. The maximum Gasteiger partial charge on any atom is 0.277 e. The van der Waals surface area contributed by atoms with Crippen LogP contribution in [0.15, 0.2) is 53.6 Å². The first-order chi connectivity index (χ1) is 11.6. The van der Waals surface area contributed by atoms with E-state index in [0.717, 1.165) is 12.0 Å². The molecule has 0 aliphatic heterocycles. The smallest absolute Gasteiger partial charge is 0.277 e. The molecule has 24 heavy (non-hydrogen) atoms. The third kappa shape index (κ3) is 4.91. The predicted molar refractivity (Wildman–Crippen MR) is 90.1 cm³/mol. The van der Waals surface area contributed by atoms with Crippen molar-refractivity contribution in [1.29, 1.82) is 0 Å². The molecule has 1 N–H and O–H groups in total. The standard InChI is InChI=1S/C17H17N3O4/c1-2-14-5-3-4-6-16(14)24-12-17(21)19-18-11-13-7-9-15(10-8-13)20(22)23/h3-11H,2,12H2,1H3,(H,19,21). The van der Waals surface area contributed by atoms with Crippen molar-refractivity contribution < 1.29 is 14.5 Å². The highest BCUT2D eigenvalue weighted by atomic mass is 16.6. The maximum absolute atomic E-state index is 11.7. The Morgan fingerprint density at radius 2 is 1.96 bits per heavy atom. The number of non-ortho nitro benzene ring substituents is 1. The Hall–Kier alpha value is -3.22. The summed E-state index contributed by atoms with van der Waals surface area (Å²) in [5, 5.41) is 14.3. The van der Waals surface area contributed by atoms with Gasteiger partial charge < -0.3 is 4.74 Å². The molecule has 0 bridgehead atoms. The molecule has 1 amide bonds. The molecular formula is C17H17N3O4. The number of hydrogen-bond acceptors (Lipinski definition) is 5. The van der Waals surface area contributed by atoms with Crippen LogP contribution >= 0.6 is 0 Å². The van der Waals surface area contributed by atoms with Gasteiger partial charge in [0.25, 0.3) is 11.6 Å². The number of nitro benzene ring substituents is 1. The molecular weight excluding hydrogens is 310 g/mol. The Morgan fingerprint density at radius 3 is 2.62 bits per heavy atom. The van der Waals surface area contributed by atoms with Crippen molar-refractivity contribution >= 4 is 17.8 Å². The molecule has 0 spiro atoms. The first-order valence-electron chi connectivity index (χ1n) is 7.37. The zero-order valence-corrected chi connectivity index (χ0v) is 13.1. The fourth-order valence-corrected chi connectivity index (χ4v) is 1.97. The Balaban J connectivity index is 1.83. The lowest BCUT2D eigenvalue weighted by Crippen LogP contribution is -2.24. The van der Waals surface area contributed by atoms with E-state index in [1.807, 2.05) is 31.2 Å². The number of hydrogen-bond donors (Lipinski definition) is 1. The lowest BCUT2D eigenvalue weighted by atomic mass is 10.1. The van der Waals surface area contributed by atoms with Gasteiger partial charge in [-0.05, 0) is 35.7 Å². The van der Waals surface area contributed by atoms with Gasteiger partial charge in [-0.3, -0.25) is 14.9 Å². The highest BCUT2D eigenvalue weighted by molar-refractivity contribution is 5.83. The number of benzene rings is 2. The molecule has 0 saturated carbocycles. The average Bonchev–Trinajstić information content (AvgIpc) is 2.60. The van der Waals surface area contributed by atoms with Crippen LogP contribution in [0, 0.1) is 10.1 Å². The summed E-state index contributed by atoms with van der Waals surface area (Å²) in [6, 6.07) is 13.3. The summed E-state index contributed by atoms with van der Waals surface area (Å²) in [4.78, 5) is 21.8. The molecule has 0 aliphatic rings. The number of amides is 1. The van der Waals surface area contributed by atoms with E-state index in [1.165, 1.54) is 18.3 Å². The van der Waals surface area contributed by atoms with Crippen molar-refractivity contribution in [2.24, 2.45) is 5.10 Å². The SMILES string of the molecule is CCc1ccccc1OCC(=O)NN=Cc1ccc([N+](=O)[O-])cc1. The highest BCUT2D eigenvalue weighted by Gasteiger charge is 2.05. The molecule has 7 nitrogen and oxygen atoms in total. The largest absolute Gasteiger partial charge is 0.483 e. The van der Waals surface area contributed by atoms with Crippen LogP contribution in [0.5, 0.6) is 5.75 Å². The van der Waals surface area contributed by atoms with Gasteiger partial charge in [0.15, 0.2) is 6.61 Å². The van der Waals surface area contributed by atoms with Crippen molar-refractivity contribution in [3.63, 3.8) is 0 Å². The molecule has 0 saturated heterocycles. The molecule has 2 aromatic carbocycles. The van der Waals surface area contributed by atoms with Gasteiger partial charge in [0.2, 0.25) is 0 Å². The predicted octanol–water partition coefficient (Wildman–Crippen LogP) is 2.69. The molecule has 0 atom stereocenters. The number of carbonyl (C=O) groups is 1. The number of carbonyl (C=O) groups excluding carboxylic acids is 1. The van der Waals surface area contributed by atoms with Crippen LogP contribution in [0.1, 0.15) is 18.1 Å². The number of nitrogens with one attached hydrogen (secondary N) is 1. The van der Waals surface area contributed by atoms with Crippen molar-refractivity contribution in [2.45, 2.75) is 13.3 Å². The van der Waals surface area contributed by atoms with Crippen molar-refractivity contribution in [3.8, 4) is 5.75 Å². The number of hydrazone groups is 1. The fraction of sp³-hybridized carbons (Fsp3) is 0.176. The van der Waals surface area contributed by atoms with Crippen LogP contribution in [-0.4, -0.2) is 23.7 Å². The van der Waals surface area contributed by atoms with Crippen molar-refractivity contribution in [1.82, 2.24) is 5.43 Å². The first-order valence-corrected chi connectivity index (χ1v) is 7.37. The molecule has 124 valence electrons. The number of para-hydroxylation sites is 1. The average molecular weight is 327 g/mol. The topological polar surface area (TPSA) is 93.8 Å². The van der Waals surface area contributed by atoms with Crippen LogP contribution in [0.25, 0.3) is 0 Å². The van der Waals surface area contributed by atoms with Gasteiger partial charge in [-0.25, -0.2) is 5.43 Å². The van der Waals surface area contributed by atoms with Gasteiger partial charge in [-0.1, -0.05) is 25.1 Å². The van der Waals surface area contributed by atoms with E-state index in [9.17, 15) is 14.9 Å². The van der Waals surface area contributed by atoms with E-state index in [4.69, 9.17) is 4.74 Å². The molecule has 0 radical (unpaired) electrons. The van der Waals surface area contributed by atoms with Gasteiger partial charge in [0.1, 0.15) is 5.75 Å². The van der Waals surface area contributed by atoms with Crippen LogP contribution in [0.3, 0.4) is 0 Å². The molecule has 0 unspecified atom stereocenters. The van der Waals surface area contributed by atoms with Crippen LogP contribution in [0.2, 0.25) is 0 Å². The van der Waals surface area contributed by atoms with E-state index in [-0.39, 0.29) is 18.2 Å². The molecule has 7 heteroatoms. The van der Waals surface area contributed by atoms with E-state index in [1.54, 1.807) is 12.1 Å². The number of rotatable bonds is 7. The Bertz CT molecular complexity index is 742. The van der Waals surface area contributed by atoms with Gasteiger partial charge >= 0.3 is 0 Å². The molecule has 0 fully saturated rings. The molecule has 0 heterocycles. The molecule has 0 aromatic heterocycles. The number of aryl methyl sites for hydroxylation is 1. The number of nitro groups is 1. The van der Waals surface area contributed by atoms with E-state index < -0.39 is 4.92 Å². The van der Waals surface area contributed by atoms with Gasteiger partial charge in [-0.15, -0.1) is 0 Å². The summed E-state index contributed by atoms with van der Waals surface area (Å²) in [5.41, 5.74) is 4.01. The summed E-state index contributed by atoms with van der Waals surface area (Å²) in [5.74, 6) is 0.286. The normalized spacial score (nSPS) is 10.5. The first kappa shape index (κ1) is 17.1. The summed E-state index contributed by atoms with van der Waals surface area (Å²) in [6.45, 7) is 1.87. The van der Waals surface area contributed by atoms with Crippen LogP contribution < -0.4 is 10.2 Å². The monoisotopic (exact) mass is 327 g/mol.